The van der Waals surface area contributed by atoms with Gasteiger partial charge in [0.15, 0.2) is 0 Å². The van der Waals surface area contributed by atoms with E-state index in [0.717, 1.165) is 37.7 Å². The van der Waals surface area contributed by atoms with Crippen LogP contribution in [0, 0.1) is 6.92 Å². The Morgan fingerprint density at radius 3 is 2.44 bits per heavy atom. The highest BCUT2D eigenvalue weighted by molar-refractivity contribution is 7.92. The molecule has 2 aromatic carbocycles. The lowest BCUT2D eigenvalue weighted by Crippen LogP contribution is -2.45. The lowest BCUT2D eigenvalue weighted by Gasteiger charge is -2.29. The number of thiazole rings is 1. The van der Waals surface area contributed by atoms with E-state index in [1.807, 2.05) is 20.8 Å². The number of carbonyl (C=O) groups is 1. The van der Waals surface area contributed by atoms with Crippen molar-refractivity contribution in [2.75, 3.05) is 23.0 Å². The monoisotopic (exact) mass is 477 g/mol. The van der Waals surface area contributed by atoms with Gasteiger partial charge in [-0.1, -0.05) is 17.4 Å². The molecule has 1 atom stereocenters. The van der Waals surface area contributed by atoms with Crippen LogP contribution in [0.15, 0.2) is 41.2 Å². The van der Waals surface area contributed by atoms with Crippen LogP contribution in [0.4, 0.5) is 11.4 Å². The number of hydrogen-bond donors (Lipinski definition) is 1. The number of aromatic nitrogens is 1. The molecule has 0 aliphatic heterocycles. The van der Waals surface area contributed by atoms with Crippen molar-refractivity contribution in [1.82, 2.24) is 4.57 Å². The predicted octanol–water partition coefficient (Wildman–Crippen LogP) is 3.75. The number of sulfonamides is 1. The summed E-state index contributed by atoms with van der Waals surface area (Å²) in [4.78, 5) is 25.3. The van der Waals surface area contributed by atoms with Crippen molar-refractivity contribution in [3.05, 3.63) is 51.6 Å². The number of methoxy groups -OCH3 is 1. The Morgan fingerprint density at radius 2 is 1.84 bits per heavy atom. The highest BCUT2D eigenvalue weighted by atomic mass is 32.2. The van der Waals surface area contributed by atoms with Crippen molar-refractivity contribution < 1.29 is 17.9 Å². The summed E-state index contributed by atoms with van der Waals surface area (Å²) in [6.07, 6.45) is 1.05. The zero-order valence-electron chi connectivity index (χ0n) is 18.9. The van der Waals surface area contributed by atoms with E-state index in [1.165, 1.54) is 14.0 Å². The van der Waals surface area contributed by atoms with E-state index in [0.29, 0.717) is 17.1 Å². The zero-order chi connectivity index (χ0) is 23.8. The molecule has 0 saturated heterocycles. The molecule has 8 nitrogen and oxygen atoms in total. The normalized spacial score (nSPS) is 12.7. The molecule has 0 saturated carbocycles. The van der Waals surface area contributed by atoms with Crippen molar-refractivity contribution in [3.63, 3.8) is 0 Å². The molecule has 1 N–H and O–H groups in total. The molecular formula is C22H27N3O5S2. The lowest BCUT2D eigenvalue weighted by molar-refractivity contribution is -0.116. The van der Waals surface area contributed by atoms with Gasteiger partial charge in [0, 0.05) is 11.7 Å². The third-order valence-corrected chi connectivity index (χ3v) is 7.20. The summed E-state index contributed by atoms with van der Waals surface area (Å²) in [6, 6.07) is 9.33. The molecule has 10 heteroatoms. The van der Waals surface area contributed by atoms with E-state index in [2.05, 4.69) is 5.32 Å². The lowest BCUT2D eigenvalue weighted by atomic mass is 10.2. The predicted molar refractivity (Wildman–Crippen MR) is 130 cm³/mol. The maximum Gasteiger partial charge on any atom is 0.308 e. The van der Waals surface area contributed by atoms with E-state index in [4.69, 9.17) is 4.74 Å². The Kier molecular flexibility index (Phi) is 6.66. The van der Waals surface area contributed by atoms with E-state index in [1.54, 1.807) is 41.0 Å². The van der Waals surface area contributed by atoms with Gasteiger partial charge in [0.1, 0.15) is 11.8 Å². The largest absolute Gasteiger partial charge is 0.495 e. The van der Waals surface area contributed by atoms with Gasteiger partial charge in [-0.05, 0) is 63.6 Å². The second-order valence-electron chi connectivity index (χ2n) is 7.91. The summed E-state index contributed by atoms with van der Waals surface area (Å²) in [5.41, 5.74) is 2.40. The van der Waals surface area contributed by atoms with Crippen LogP contribution in [0.5, 0.6) is 5.75 Å². The van der Waals surface area contributed by atoms with Gasteiger partial charge in [-0.2, -0.15) is 0 Å². The number of ether oxygens (including phenoxy) is 1. The number of anilines is 2. The van der Waals surface area contributed by atoms with Crippen LogP contribution in [0.2, 0.25) is 0 Å². The van der Waals surface area contributed by atoms with E-state index in [9.17, 15) is 18.0 Å². The smallest absolute Gasteiger partial charge is 0.308 e. The third-order valence-electron chi connectivity index (χ3n) is 5.06. The summed E-state index contributed by atoms with van der Waals surface area (Å²) < 4.78 is 34.1. The molecule has 0 fully saturated rings. The van der Waals surface area contributed by atoms with Gasteiger partial charge in [-0.15, -0.1) is 0 Å². The SMILES string of the molecule is COc1ccc(C)cc1N([C@@H](C)C(=O)Nc1ccc2c(c1)sc(=O)n2C(C)C)S(C)(=O)=O. The molecule has 1 amide bonds. The van der Waals surface area contributed by atoms with Gasteiger partial charge in [0.25, 0.3) is 0 Å². The van der Waals surface area contributed by atoms with E-state index in [-0.39, 0.29) is 10.9 Å². The molecule has 3 rings (SSSR count). The molecule has 0 bridgehead atoms. The first-order valence-electron chi connectivity index (χ1n) is 10.0. The van der Waals surface area contributed by atoms with Gasteiger partial charge >= 0.3 is 4.87 Å². The van der Waals surface area contributed by atoms with Crippen LogP contribution in [0.25, 0.3) is 10.2 Å². The molecular weight excluding hydrogens is 450 g/mol. The van der Waals surface area contributed by atoms with Gasteiger partial charge in [-0.3, -0.25) is 18.5 Å². The number of hydrogen-bond acceptors (Lipinski definition) is 6. The fourth-order valence-corrected chi connectivity index (χ4v) is 5.83. The minimum atomic E-state index is -3.80. The van der Waals surface area contributed by atoms with E-state index >= 15 is 0 Å². The second kappa shape index (κ2) is 8.95. The topological polar surface area (TPSA) is 97.7 Å². The van der Waals surface area contributed by atoms with Crippen molar-refractivity contribution >= 4 is 48.9 Å². The number of rotatable bonds is 7. The first-order chi connectivity index (χ1) is 14.9. The van der Waals surface area contributed by atoms with Crippen molar-refractivity contribution in [2.45, 2.75) is 39.8 Å². The highest BCUT2D eigenvalue weighted by Gasteiger charge is 2.31. The quantitative estimate of drug-likeness (QED) is 0.559. The highest BCUT2D eigenvalue weighted by Crippen LogP contribution is 2.33. The van der Waals surface area contributed by atoms with E-state index < -0.39 is 22.0 Å². The first kappa shape index (κ1) is 23.8. The summed E-state index contributed by atoms with van der Waals surface area (Å²) >= 11 is 1.10. The number of aryl methyl sites for hydroxylation is 1. The molecule has 0 radical (unpaired) electrons. The standard InChI is InChI=1S/C22H27N3O5S2/c1-13(2)24-17-9-8-16(12-20(17)31-22(24)27)23-21(26)15(4)25(32(6,28)29)18-11-14(3)7-10-19(18)30-5/h7-13,15H,1-6H3,(H,23,26)/t15-/m0/s1. The zero-order valence-corrected chi connectivity index (χ0v) is 20.5. The van der Waals surface area contributed by atoms with Gasteiger partial charge < -0.3 is 10.1 Å². The van der Waals surface area contributed by atoms with Gasteiger partial charge in [-0.25, -0.2) is 8.42 Å². The average molecular weight is 478 g/mol. The van der Waals surface area contributed by atoms with Crippen molar-refractivity contribution in [3.8, 4) is 5.75 Å². The van der Waals surface area contributed by atoms with Crippen LogP contribution < -0.4 is 19.2 Å². The fraction of sp³-hybridized carbons (Fsp3) is 0.364. The molecule has 0 unspecified atom stereocenters. The summed E-state index contributed by atoms with van der Waals surface area (Å²) in [7, 11) is -2.35. The minimum absolute atomic E-state index is 0.0179. The van der Waals surface area contributed by atoms with Crippen LogP contribution in [-0.4, -0.2) is 38.3 Å². The number of nitrogens with zero attached hydrogens (tertiary/aromatic N) is 2. The summed E-state index contributed by atoms with van der Waals surface area (Å²) in [5, 5.41) is 2.78. The average Bonchev–Trinajstić information content (AvgIpc) is 3.02. The minimum Gasteiger partial charge on any atom is -0.495 e. The Balaban J connectivity index is 1.95. The maximum atomic E-state index is 13.1. The summed E-state index contributed by atoms with van der Waals surface area (Å²) in [6.45, 7) is 7.22. The number of benzene rings is 2. The van der Waals surface area contributed by atoms with Crippen LogP contribution in [0.1, 0.15) is 32.4 Å². The Morgan fingerprint density at radius 1 is 1.16 bits per heavy atom. The molecule has 1 heterocycles. The Labute approximate surface area is 191 Å². The van der Waals surface area contributed by atoms with Crippen molar-refractivity contribution in [1.29, 1.82) is 0 Å². The molecule has 0 aliphatic rings. The number of nitrogens with one attached hydrogen (secondary N) is 1. The fourth-order valence-electron chi connectivity index (χ4n) is 3.60. The Hall–Kier alpha value is -2.85. The van der Waals surface area contributed by atoms with Gasteiger partial charge in [0.2, 0.25) is 15.9 Å². The molecule has 172 valence electrons. The van der Waals surface area contributed by atoms with Crippen LogP contribution in [-0.2, 0) is 14.8 Å². The number of amides is 1. The summed E-state index contributed by atoms with van der Waals surface area (Å²) in [5.74, 6) is -0.157. The van der Waals surface area contributed by atoms with Crippen molar-refractivity contribution in [2.24, 2.45) is 0 Å². The molecule has 3 aromatic rings. The first-order valence-corrected chi connectivity index (χ1v) is 12.7. The molecule has 32 heavy (non-hydrogen) atoms. The second-order valence-corrected chi connectivity index (χ2v) is 10.8. The molecule has 1 aromatic heterocycles. The molecule has 0 aliphatic carbocycles. The Bertz CT molecular complexity index is 1330. The maximum absolute atomic E-state index is 13.1. The van der Waals surface area contributed by atoms with Gasteiger partial charge in [0.05, 0.1) is 29.3 Å². The number of carbonyl (C=O) groups excluding carboxylic acids is 1. The molecule has 0 spiro atoms. The number of fused-ring (bicyclic) bond motifs is 1. The third kappa shape index (κ3) is 4.66. The van der Waals surface area contributed by atoms with Crippen LogP contribution in [0.3, 0.4) is 0 Å². The van der Waals surface area contributed by atoms with Crippen LogP contribution >= 0.6 is 11.3 Å².